The number of rotatable bonds is 9. The van der Waals surface area contributed by atoms with Crippen molar-refractivity contribution in [2.75, 3.05) is 30.7 Å². The summed E-state index contributed by atoms with van der Waals surface area (Å²) in [4.78, 5) is 26.8. The maximum absolute atomic E-state index is 12.3. The van der Waals surface area contributed by atoms with Crippen LogP contribution in [-0.4, -0.2) is 52.5 Å². The summed E-state index contributed by atoms with van der Waals surface area (Å²) in [6, 6.07) is 5.51. The molecule has 28 heavy (non-hydrogen) atoms. The normalized spacial score (nSPS) is 16.6. The van der Waals surface area contributed by atoms with Gasteiger partial charge in [0.15, 0.2) is 5.82 Å². The third kappa shape index (κ3) is 5.62. The van der Waals surface area contributed by atoms with Crippen LogP contribution in [0.4, 0.5) is 5.82 Å². The number of amides is 2. The molecule has 0 aromatic carbocycles. The minimum absolute atomic E-state index is 0.0441. The first kappa shape index (κ1) is 20.5. The molecule has 0 aliphatic carbocycles. The molecule has 2 amide bonds. The monoisotopic (exact) mass is 406 g/mol. The minimum atomic E-state index is -0.387. The van der Waals surface area contributed by atoms with Crippen molar-refractivity contribution in [1.29, 1.82) is 0 Å². The number of hydrogen-bond donors (Lipinski definition) is 2. The Kier molecular flexibility index (Phi) is 7.16. The average molecular weight is 407 g/mol. The van der Waals surface area contributed by atoms with Crippen LogP contribution < -0.4 is 10.6 Å². The Hall–Kier alpha value is -2.26. The lowest BCUT2D eigenvalue weighted by Crippen LogP contribution is -2.37. The number of aryl methyl sites for hydroxylation is 1. The standard InChI is InChI=1S/C19H26N4O4S/c1-13-10-17(22-27-13)21-19(25)14(2)28-12-18(24)20-11-15(16-6-5-9-26-16)23-7-3-4-8-23/h5-6,9-10,14-15H,3-4,7-8,11-12H2,1-2H3,(H,20,24)(H,21,22,25). The van der Waals surface area contributed by atoms with Gasteiger partial charge in [0.2, 0.25) is 11.8 Å². The molecule has 8 nitrogen and oxygen atoms in total. The van der Waals surface area contributed by atoms with Crippen molar-refractivity contribution >= 4 is 29.4 Å². The molecule has 1 saturated heterocycles. The van der Waals surface area contributed by atoms with Crippen molar-refractivity contribution in [3.8, 4) is 0 Å². The predicted molar refractivity (Wildman–Crippen MR) is 107 cm³/mol. The van der Waals surface area contributed by atoms with Crippen molar-refractivity contribution in [3.05, 3.63) is 36.0 Å². The van der Waals surface area contributed by atoms with Crippen LogP contribution in [0.3, 0.4) is 0 Å². The maximum atomic E-state index is 12.3. The second-order valence-corrected chi connectivity index (χ2v) is 8.17. The Morgan fingerprint density at radius 3 is 2.79 bits per heavy atom. The van der Waals surface area contributed by atoms with Crippen molar-refractivity contribution < 1.29 is 18.5 Å². The van der Waals surface area contributed by atoms with Gasteiger partial charge in [0, 0.05) is 12.6 Å². The molecule has 3 heterocycles. The van der Waals surface area contributed by atoms with E-state index < -0.39 is 0 Å². The first-order chi connectivity index (χ1) is 13.5. The third-order valence-electron chi connectivity index (χ3n) is 4.66. The molecule has 2 unspecified atom stereocenters. The largest absolute Gasteiger partial charge is 0.468 e. The smallest absolute Gasteiger partial charge is 0.238 e. The first-order valence-corrected chi connectivity index (χ1v) is 10.5. The summed E-state index contributed by atoms with van der Waals surface area (Å²) < 4.78 is 10.5. The third-order valence-corrected chi connectivity index (χ3v) is 5.80. The van der Waals surface area contributed by atoms with E-state index in [9.17, 15) is 9.59 Å². The SMILES string of the molecule is Cc1cc(NC(=O)C(C)SCC(=O)NCC(c2ccco2)N2CCCC2)no1. The molecular formula is C19H26N4O4S. The number of aromatic nitrogens is 1. The molecule has 0 bridgehead atoms. The summed E-state index contributed by atoms with van der Waals surface area (Å²) in [5.74, 6) is 1.77. The van der Waals surface area contributed by atoms with E-state index in [-0.39, 0.29) is 28.9 Å². The zero-order valence-corrected chi connectivity index (χ0v) is 17.0. The van der Waals surface area contributed by atoms with Gasteiger partial charge >= 0.3 is 0 Å². The van der Waals surface area contributed by atoms with E-state index in [1.807, 2.05) is 12.1 Å². The molecule has 2 N–H and O–H groups in total. The second kappa shape index (κ2) is 9.79. The highest BCUT2D eigenvalue weighted by Crippen LogP contribution is 2.25. The molecule has 3 rings (SSSR count). The minimum Gasteiger partial charge on any atom is -0.468 e. The van der Waals surface area contributed by atoms with E-state index in [1.165, 1.54) is 24.6 Å². The van der Waals surface area contributed by atoms with Gasteiger partial charge in [-0.1, -0.05) is 5.16 Å². The number of carbonyl (C=O) groups is 2. The Bertz CT molecular complexity index is 771. The Morgan fingerprint density at radius 1 is 1.36 bits per heavy atom. The summed E-state index contributed by atoms with van der Waals surface area (Å²) >= 11 is 1.28. The van der Waals surface area contributed by atoms with Crippen molar-refractivity contribution in [2.45, 2.75) is 38.0 Å². The van der Waals surface area contributed by atoms with Gasteiger partial charge in [-0.05, 0) is 51.9 Å². The quantitative estimate of drug-likeness (QED) is 0.660. The number of likely N-dealkylation sites (tertiary alicyclic amines) is 1. The number of nitrogens with one attached hydrogen (secondary N) is 2. The lowest BCUT2D eigenvalue weighted by atomic mass is 10.2. The number of furan rings is 1. The lowest BCUT2D eigenvalue weighted by molar-refractivity contribution is -0.118. The van der Waals surface area contributed by atoms with Crippen LogP contribution in [0.2, 0.25) is 0 Å². The molecular weight excluding hydrogens is 380 g/mol. The highest BCUT2D eigenvalue weighted by molar-refractivity contribution is 8.01. The topological polar surface area (TPSA) is 101 Å². The van der Waals surface area contributed by atoms with Gasteiger partial charge in [0.25, 0.3) is 0 Å². The fraction of sp³-hybridized carbons (Fsp3) is 0.526. The van der Waals surface area contributed by atoms with Crippen LogP contribution in [0.25, 0.3) is 0 Å². The molecule has 0 spiro atoms. The number of anilines is 1. The van der Waals surface area contributed by atoms with Crippen molar-refractivity contribution in [1.82, 2.24) is 15.4 Å². The summed E-state index contributed by atoms with van der Waals surface area (Å²) in [5.41, 5.74) is 0. The van der Waals surface area contributed by atoms with Gasteiger partial charge in [-0.3, -0.25) is 14.5 Å². The molecule has 152 valence electrons. The Morgan fingerprint density at radius 2 is 2.14 bits per heavy atom. The predicted octanol–water partition coefficient (Wildman–Crippen LogP) is 2.59. The van der Waals surface area contributed by atoms with E-state index in [0.29, 0.717) is 18.1 Å². The molecule has 1 fully saturated rings. The molecule has 1 aliphatic rings. The highest BCUT2D eigenvalue weighted by atomic mass is 32.2. The van der Waals surface area contributed by atoms with Crippen LogP contribution in [-0.2, 0) is 9.59 Å². The van der Waals surface area contributed by atoms with Gasteiger partial charge in [-0.15, -0.1) is 11.8 Å². The zero-order valence-electron chi connectivity index (χ0n) is 16.1. The molecule has 2 aromatic rings. The number of carbonyl (C=O) groups excluding carboxylic acids is 2. The van der Waals surface area contributed by atoms with Crippen LogP contribution in [0.5, 0.6) is 0 Å². The van der Waals surface area contributed by atoms with Gasteiger partial charge in [-0.2, -0.15) is 0 Å². The number of hydrogen-bond acceptors (Lipinski definition) is 7. The number of nitrogens with zero attached hydrogens (tertiary/aromatic N) is 2. The van der Waals surface area contributed by atoms with E-state index in [4.69, 9.17) is 8.94 Å². The molecule has 9 heteroatoms. The van der Waals surface area contributed by atoms with Crippen LogP contribution in [0, 0.1) is 6.92 Å². The summed E-state index contributed by atoms with van der Waals surface area (Å²) in [6.07, 6.45) is 3.99. The van der Waals surface area contributed by atoms with E-state index >= 15 is 0 Å². The summed E-state index contributed by atoms with van der Waals surface area (Å²) in [5, 5.41) is 9.00. The summed E-state index contributed by atoms with van der Waals surface area (Å²) in [6.45, 7) is 6.02. The van der Waals surface area contributed by atoms with Crippen molar-refractivity contribution in [3.63, 3.8) is 0 Å². The van der Waals surface area contributed by atoms with E-state index in [0.717, 1.165) is 18.8 Å². The first-order valence-electron chi connectivity index (χ1n) is 9.43. The maximum Gasteiger partial charge on any atom is 0.238 e. The highest BCUT2D eigenvalue weighted by Gasteiger charge is 2.26. The molecule has 0 radical (unpaired) electrons. The van der Waals surface area contributed by atoms with Crippen LogP contribution >= 0.6 is 11.8 Å². The Labute approximate surface area is 168 Å². The molecule has 1 aliphatic heterocycles. The fourth-order valence-electron chi connectivity index (χ4n) is 3.13. The summed E-state index contributed by atoms with van der Waals surface area (Å²) in [7, 11) is 0. The lowest BCUT2D eigenvalue weighted by Gasteiger charge is -2.26. The van der Waals surface area contributed by atoms with Crippen LogP contribution in [0.1, 0.15) is 37.3 Å². The van der Waals surface area contributed by atoms with Gasteiger partial charge in [0.1, 0.15) is 11.5 Å². The second-order valence-electron chi connectivity index (χ2n) is 6.84. The van der Waals surface area contributed by atoms with Gasteiger partial charge in [-0.25, -0.2) is 0 Å². The van der Waals surface area contributed by atoms with E-state index in [2.05, 4.69) is 20.7 Å². The van der Waals surface area contributed by atoms with Crippen molar-refractivity contribution in [2.24, 2.45) is 0 Å². The van der Waals surface area contributed by atoms with Gasteiger partial charge < -0.3 is 19.6 Å². The molecule has 2 atom stereocenters. The zero-order chi connectivity index (χ0) is 19.9. The fourth-order valence-corrected chi connectivity index (χ4v) is 3.85. The van der Waals surface area contributed by atoms with Crippen LogP contribution in [0.15, 0.2) is 33.4 Å². The average Bonchev–Trinajstić information content (AvgIpc) is 3.43. The Balaban J connectivity index is 1.43. The molecule has 0 saturated carbocycles. The van der Waals surface area contributed by atoms with E-state index in [1.54, 1.807) is 26.2 Å². The number of thioether (sulfide) groups is 1. The molecule has 2 aromatic heterocycles. The van der Waals surface area contributed by atoms with Gasteiger partial charge in [0.05, 0.1) is 23.3 Å².